The Hall–Kier alpha value is -2.63. The summed E-state index contributed by atoms with van der Waals surface area (Å²) in [6, 6.07) is 8.61. The zero-order chi connectivity index (χ0) is 15.2. The second kappa shape index (κ2) is 6.69. The van der Waals surface area contributed by atoms with Crippen molar-refractivity contribution in [2.75, 3.05) is 13.2 Å². The van der Waals surface area contributed by atoms with E-state index in [1.807, 2.05) is 0 Å². The third kappa shape index (κ3) is 4.17. The molecule has 0 aliphatic carbocycles. The Morgan fingerprint density at radius 3 is 2.24 bits per heavy atom. The van der Waals surface area contributed by atoms with Crippen molar-refractivity contribution in [1.29, 1.82) is 0 Å². The average molecular weight is 294 g/mol. The van der Waals surface area contributed by atoms with Crippen molar-refractivity contribution in [2.45, 2.75) is 0 Å². The number of hydrogen-bond donors (Lipinski definition) is 1. The van der Waals surface area contributed by atoms with Crippen LogP contribution >= 0.6 is 0 Å². The molecule has 0 heterocycles. The molecule has 2 aromatic rings. The first-order valence-corrected chi connectivity index (χ1v) is 6.10. The van der Waals surface area contributed by atoms with Crippen molar-refractivity contribution < 1.29 is 28.2 Å². The highest BCUT2D eigenvalue weighted by atomic mass is 19.1. The van der Waals surface area contributed by atoms with Gasteiger partial charge in [-0.25, -0.2) is 13.6 Å². The molecule has 0 fully saturated rings. The maximum atomic E-state index is 13.1. The van der Waals surface area contributed by atoms with E-state index in [1.54, 1.807) is 0 Å². The number of hydrogen-bond acceptors (Lipinski definition) is 3. The monoisotopic (exact) mass is 294 g/mol. The fourth-order valence-electron chi connectivity index (χ4n) is 1.63. The summed E-state index contributed by atoms with van der Waals surface area (Å²) in [7, 11) is 0. The molecule has 0 unspecified atom stereocenters. The van der Waals surface area contributed by atoms with Crippen LogP contribution in [0.2, 0.25) is 0 Å². The van der Waals surface area contributed by atoms with Gasteiger partial charge in [0.15, 0.2) is 0 Å². The predicted octanol–water partition coefficient (Wildman–Crippen LogP) is 3.12. The second-order valence-electron chi connectivity index (χ2n) is 4.10. The Morgan fingerprint density at radius 2 is 1.57 bits per heavy atom. The van der Waals surface area contributed by atoms with Crippen LogP contribution in [0.3, 0.4) is 0 Å². The summed E-state index contributed by atoms with van der Waals surface area (Å²) in [5.41, 5.74) is -0.127. The summed E-state index contributed by atoms with van der Waals surface area (Å²) in [5.74, 6) is -1.77. The predicted molar refractivity (Wildman–Crippen MR) is 70.7 cm³/mol. The van der Waals surface area contributed by atoms with Crippen LogP contribution in [0.5, 0.6) is 11.5 Å². The van der Waals surface area contributed by atoms with E-state index in [4.69, 9.17) is 14.6 Å². The zero-order valence-electron chi connectivity index (χ0n) is 10.9. The van der Waals surface area contributed by atoms with Crippen LogP contribution in [0.15, 0.2) is 42.5 Å². The van der Waals surface area contributed by atoms with Gasteiger partial charge >= 0.3 is 5.97 Å². The lowest BCUT2D eigenvalue weighted by atomic mass is 10.2. The molecule has 1 N–H and O–H groups in total. The van der Waals surface area contributed by atoms with Gasteiger partial charge in [-0.1, -0.05) is 0 Å². The van der Waals surface area contributed by atoms with E-state index in [0.29, 0.717) is 5.75 Å². The number of rotatable bonds is 6. The van der Waals surface area contributed by atoms with Crippen LogP contribution < -0.4 is 9.47 Å². The smallest absolute Gasteiger partial charge is 0.339 e. The molecule has 0 aromatic heterocycles. The summed E-state index contributed by atoms with van der Waals surface area (Å²) in [5, 5.41) is 8.95. The Labute approximate surface area is 119 Å². The Bertz CT molecular complexity index is 626. The van der Waals surface area contributed by atoms with E-state index in [2.05, 4.69) is 0 Å². The van der Waals surface area contributed by atoms with E-state index in [9.17, 15) is 13.6 Å². The van der Waals surface area contributed by atoms with Crippen LogP contribution in [0.4, 0.5) is 8.78 Å². The Balaban J connectivity index is 1.90. The normalized spacial score (nSPS) is 10.2. The quantitative estimate of drug-likeness (QED) is 0.832. The molecule has 0 saturated carbocycles. The van der Waals surface area contributed by atoms with Crippen LogP contribution in [0.25, 0.3) is 0 Å². The largest absolute Gasteiger partial charge is 0.490 e. The highest BCUT2D eigenvalue weighted by Crippen LogP contribution is 2.20. The van der Waals surface area contributed by atoms with Crippen molar-refractivity contribution >= 4 is 5.97 Å². The van der Waals surface area contributed by atoms with Crippen molar-refractivity contribution in [3.63, 3.8) is 0 Å². The number of aromatic carboxylic acids is 1. The molecular weight excluding hydrogens is 282 g/mol. The number of halogens is 2. The van der Waals surface area contributed by atoms with E-state index >= 15 is 0 Å². The van der Waals surface area contributed by atoms with Crippen molar-refractivity contribution in [3.8, 4) is 11.5 Å². The maximum absolute atomic E-state index is 13.1. The molecule has 0 atom stereocenters. The van der Waals surface area contributed by atoms with E-state index in [0.717, 1.165) is 18.2 Å². The van der Waals surface area contributed by atoms with Crippen molar-refractivity contribution in [2.24, 2.45) is 0 Å². The summed E-state index contributed by atoms with van der Waals surface area (Å²) >= 11 is 0. The SMILES string of the molecule is O=C(O)c1ccc(F)cc1OCCOc1ccc(F)cc1. The van der Waals surface area contributed by atoms with Gasteiger partial charge in [-0.05, 0) is 36.4 Å². The maximum Gasteiger partial charge on any atom is 0.339 e. The van der Waals surface area contributed by atoms with Gasteiger partial charge < -0.3 is 14.6 Å². The molecule has 2 rings (SSSR count). The zero-order valence-corrected chi connectivity index (χ0v) is 10.9. The fourth-order valence-corrected chi connectivity index (χ4v) is 1.63. The van der Waals surface area contributed by atoms with Crippen molar-refractivity contribution in [3.05, 3.63) is 59.7 Å². The fraction of sp³-hybridized carbons (Fsp3) is 0.133. The second-order valence-corrected chi connectivity index (χ2v) is 4.10. The average Bonchev–Trinajstić information content (AvgIpc) is 2.45. The van der Waals surface area contributed by atoms with E-state index < -0.39 is 11.8 Å². The number of carboxylic acid groups (broad SMARTS) is 1. The summed E-state index contributed by atoms with van der Waals surface area (Å²) < 4.78 is 36.3. The van der Waals surface area contributed by atoms with Crippen LogP contribution in [0, 0.1) is 11.6 Å². The molecular formula is C15H12F2O4. The third-order valence-electron chi connectivity index (χ3n) is 2.60. The van der Waals surface area contributed by atoms with Gasteiger partial charge in [0.05, 0.1) is 0 Å². The topological polar surface area (TPSA) is 55.8 Å². The molecule has 2 aromatic carbocycles. The molecule has 0 bridgehead atoms. The van der Waals surface area contributed by atoms with E-state index in [1.165, 1.54) is 24.3 Å². The van der Waals surface area contributed by atoms with Crippen molar-refractivity contribution in [1.82, 2.24) is 0 Å². The van der Waals surface area contributed by atoms with Crippen LogP contribution in [-0.4, -0.2) is 24.3 Å². The lowest BCUT2D eigenvalue weighted by Gasteiger charge is -2.10. The first kappa shape index (κ1) is 14.8. The molecule has 0 aliphatic rings. The molecule has 0 saturated heterocycles. The number of carboxylic acids is 1. The standard InChI is InChI=1S/C15H12F2O4/c16-10-1-4-12(5-2-10)20-7-8-21-14-9-11(17)3-6-13(14)15(18)19/h1-6,9H,7-8H2,(H,18,19). The highest BCUT2D eigenvalue weighted by Gasteiger charge is 2.12. The van der Waals surface area contributed by atoms with Crippen LogP contribution in [0.1, 0.15) is 10.4 Å². The summed E-state index contributed by atoms with van der Waals surface area (Å²) in [4.78, 5) is 10.9. The summed E-state index contributed by atoms with van der Waals surface area (Å²) in [6.45, 7) is 0.141. The molecule has 21 heavy (non-hydrogen) atoms. The molecule has 0 amide bonds. The minimum absolute atomic E-state index is 0.0289. The van der Waals surface area contributed by atoms with E-state index in [-0.39, 0.29) is 30.3 Å². The highest BCUT2D eigenvalue weighted by molar-refractivity contribution is 5.90. The van der Waals surface area contributed by atoms with Gasteiger partial charge in [0.1, 0.15) is 41.9 Å². The minimum atomic E-state index is -1.20. The molecule has 6 heteroatoms. The molecule has 0 aliphatic heterocycles. The Morgan fingerprint density at radius 1 is 0.952 bits per heavy atom. The van der Waals surface area contributed by atoms with Crippen LogP contribution in [-0.2, 0) is 0 Å². The minimum Gasteiger partial charge on any atom is -0.490 e. The number of benzene rings is 2. The molecule has 110 valence electrons. The van der Waals surface area contributed by atoms with Gasteiger partial charge in [0, 0.05) is 6.07 Å². The molecule has 4 nitrogen and oxygen atoms in total. The number of ether oxygens (including phenoxy) is 2. The van der Waals surface area contributed by atoms with Gasteiger partial charge in [-0.2, -0.15) is 0 Å². The first-order valence-electron chi connectivity index (χ1n) is 6.10. The lowest BCUT2D eigenvalue weighted by Crippen LogP contribution is -2.11. The first-order chi connectivity index (χ1) is 10.1. The van der Waals surface area contributed by atoms with Gasteiger partial charge in [0.25, 0.3) is 0 Å². The summed E-state index contributed by atoms with van der Waals surface area (Å²) in [6.07, 6.45) is 0. The lowest BCUT2D eigenvalue weighted by molar-refractivity contribution is 0.0691. The van der Waals surface area contributed by atoms with Gasteiger partial charge in [-0.15, -0.1) is 0 Å². The van der Waals surface area contributed by atoms with Gasteiger partial charge in [-0.3, -0.25) is 0 Å². The molecule has 0 spiro atoms. The Kier molecular flexibility index (Phi) is 4.71. The number of carbonyl (C=O) groups is 1. The molecule has 0 radical (unpaired) electrons. The third-order valence-corrected chi connectivity index (χ3v) is 2.60. The van der Waals surface area contributed by atoms with Gasteiger partial charge in [0.2, 0.25) is 0 Å².